The van der Waals surface area contributed by atoms with E-state index in [9.17, 15) is 14.4 Å². The molecule has 1 aliphatic carbocycles. The van der Waals surface area contributed by atoms with Gasteiger partial charge in [-0.25, -0.2) is 19.9 Å². The van der Waals surface area contributed by atoms with Crippen LogP contribution in [0, 0.1) is 5.92 Å². The summed E-state index contributed by atoms with van der Waals surface area (Å²) in [5, 5.41) is 0. The summed E-state index contributed by atoms with van der Waals surface area (Å²) in [7, 11) is 0. The van der Waals surface area contributed by atoms with Gasteiger partial charge in [0, 0.05) is 19.4 Å². The van der Waals surface area contributed by atoms with Crippen LogP contribution in [0.5, 0.6) is 0 Å². The molecule has 1 saturated heterocycles. The first kappa shape index (κ1) is 33.0. The Morgan fingerprint density at radius 1 is 0.909 bits per heavy atom. The van der Waals surface area contributed by atoms with Crippen molar-refractivity contribution in [2.75, 3.05) is 0 Å². The summed E-state index contributed by atoms with van der Waals surface area (Å²) in [5.74, 6) is -2.20. The van der Waals surface area contributed by atoms with E-state index in [1.807, 2.05) is 36.4 Å². The van der Waals surface area contributed by atoms with Gasteiger partial charge in [0.25, 0.3) is 5.79 Å². The SMILES string of the molecule is CCCCCCCC1CCC(c2ccc(C=C(CCc3ccccc3)C(=O)ONC=C3C(=O)OC(C)(C)OC3=O)cc2)CC1. The molecule has 0 spiro atoms. The summed E-state index contributed by atoms with van der Waals surface area (Å²) in [6.07, 6.45) is 17.2. The molecule has 2 aliphatic rings. The minimum atomic E-state index is -1.35. The largest absolute Gasteiger partial charge is 0.419 e. The smallest absolute Gasteiger partial charge is 0.358 e. The molecule has 0 radical (unpaired) electrons. The van der Waals surface area contributed by atoms with Crippen LogP contribution in [0.4, 0.5) is 0 Å². The molecule has 0 atom stereocenters. The number of benzene rings is 2. The lowest BCUT2D eigenvalue weighted by Gasteiger charge is -2.29. The number of cyclic esters (lactones) is 2. The predicted molar refractivity (Wildman–Crippen MR) is 171 cm³/mol. The fourth-order valence-corrected chi connectivity index (χ4v) is 6.03. The highest BCUT2D eigenvalue weighted by atomic mass is 16.7. The summed E-state index contributed by atoms with van der Waals surface area (Å²) in [4.78, 5) is 42.7. The molecule has 2 fully saturated rings. The van der Waals surface area contributed by atoms with E-state index in [-0.39, 0.29) is 5.57 Å². The fraction of sp³-hybridized carbons (Fsp3) is 0.486. The molecule has 0 bridgehead atoms. The molecule has 2 aromatic carbocycles. The third-order valence-electron chi connectivity index (χ3n) is 8.57. The van der Waals surface area contributed by atoms with Crippen LogP contribution < -0.4 is 5.48 Å². The van der Waals surface area contributed by atoms with Crippen molar-refractivity contribution >= 4 is 24.0 Å². The van der Waals surface area contributed by atoms with Gasteiger partial charge in [-0.15, -0.1) is 0 Å². The summed E-state index contributed by atoms with van der Waals surface area (Å²) >= 11 is 0. The van der Waals surface area contributed by atoms with Crippen LogP contribution in [0.1, 0.15) is 114 Å². The molecule has 1 heterocycles. The van der Waals surface area contributed by atoms with Crippen LogP contribution in [-0.4, -0.2) is 23.7 Å². The summed E-state index contributed by atoms with van der Waals surface area (Å²) in [5.41, 5.74) is 5.78. The van der Waals surface area contributed by atoms with Gasteiger partial charge >= 0.3 is 17.9 Å². The van der Waals surface area contributed by atoms with Crippen LogP contribution in [0.3, 0.4) is 0 Å². The van der Waals surface area contributed by atoms with E-state index >= 15 is 0 Å². The van der Waals surface area contributed by atoms with Gasteiger partial charge in [0.05, 0.1) is 6.20 Å². The summed E-state index contributed by atoms with van der Waals surface area (Å²) in [6.45, 7) is 5.19. The normalized spacial score (nSPS) is 20.0. The molecular formula is C37H47NO6. The van der Waals surface area contributed by atoms with Crippen molar-refractivity contribution in [2.45, 2.75) is 110 Å². The second kappa shape index (κ2) is 16.3. The van der Waals surface area contributed by atoms with Crippen LogP contribution in [-0.2, 0) is 35.1 Å². The van der Waals surface area contributed by atoms with Crippen molar-refractivity contribution in [2.24, 2.45) is 5.92 Å². The molecule has 0 aromatic heterocycles. The van der Waals surface area contributed by atoms with Gasteiger partial charge in [-0.05, 0) is 73.1 Å². The molecule has 0 unspecified atom stereocenters. The highest BCUT2D eigenvalue weighted by Crippen LogP contribution is 2.38. The standard InChI is InChI=1S/C37H47NO6/c1-4-5-6-7-9-14-28-15-20-30(21-16-28)31-22-18-29(19-23-31)25-32(24-17-27-12-10-8-11-13-27)34(39)44-38-26-33-35(40)42-37(2,3)43-36(33)41/h8,10-13,18-19,22-23,25-26,28,30,38H,4-7,9,14-17,20-21,24H2,1-3H3. The Bertz CT molecular complexity index is 1280. The number of aryl methyl sites for hydroxylation is 1. The first-order valence-corrected chi connectivity index (χ1v) is 16.2. The number of carbonyl (C=O) groups is 3. The van der Waals surface area contributed by atoms with Gasteiger partial charge in [-0.1, -0.05) is 100 Å². The van der Waals surface area contributed by atoms with Crippen molar-refractivity contribution in [3.63, 3.8) is 0 Å². The van der Waals surface area contributed by atoms with Gasteiger partial charge < -0.3 is 14.3 Å². The fourth-order valence-electron chi connectivity index (χ4n) is 6.03. The highest BCUT2D eigenvalue weighted by Gasteiger charge is 2.39. The van der Waals surface area contributed by atoms with Gasteiger partial charge in [0.15, 0.2) is 5.57 Å². The monoisotopic (exact) mass is 601 g/mol. The van der Waals surface area contributed by atoms with Gasteiger partial charge in [-0.3, -0.25) is 0 Å². The Morgan fingerprint density at radius 2 is 1.57 bits per heavy atom. The van der Waals surface area contributed by atoms with E-state index in [1.54, 1.807) is 0 Å². The van der Waals surface area contributed by atoms with Crippen molar-refractivity contribution in [3.8, 4) is 0 Å². The van der Waals surface area contributed by atoms with Gasteiger partial charge in [-0.2, -0.15) is 0 Å². The molecule has 7 heteroatoms. The topological polar surface area (TPSA) is 90.9 Å². The van der Waals surface area contributed by atoms with E-state index in [4.69, 9.17) is 14.3 Å². The molecule has 4 rings (SSSR count). The van der Waals surface area contributed by atoms with Gasteiger partial charge in [0.2, 0.25) is 0 Å². The maximum absolute atomic E-state index is 13.1. The zero-order valence-electron chi connectivity index (χ0n) is 26.4. The quantitative estimate of drug-likeness (QED) is 0.0769. The Kier molecular flexibility index (Phi) is 12.2. The van der Waals surface area contributed by atoms with E-state index in [2.05, 4.69) is 36.7 Å². The molecule has 0 amide bonds. The van der Waals surface area contributed by atoms with Crippen molar-refractivity contribution in [1.82, 2.24) is 5.48 Å². The lowest BCUT2D eigenvalue weighted by atomic mass is 9.77. The van der Waals surface area contributed by atoms with Crippen molar-refractivity contribution in [1.29, 1.82) is 0 Å². The molecule has 236 valence electrons. The number of rotatable bonds is 14. The predicted octanol–water partition coefficient (Wildman–Crippen LogP) is 8.10. The van der Waals surface area contributed by atoms with Crippen LogP contribution in [0.15, 0.2) is 71.9 Å². The number of hydroxylamine groups is 1. The molecular weight excluding hydrogens is 554 g/mol. The van der Waals surface area contributed by atoms with E-state index in [0.717, 1.165) is 23.2 Å². The Morgan fingerprint density at radius 3 is 2.23 bits per heavy atom. The highest BCUT2D eigenvalue weighted by molar-refractivity contribution is 6.15. The third kappa shape index (κ3) is 10.1. The third-order valence-corrected chi connectivity index (χ3v) is 8.57. The molecule has 7 nitrogen and oxygen atoms in total. The van der Waals surface area contributed by atoms with E-state index in [0.29, 0.717) is 24.3 Å². The van der Waals surface area contributed by atoms with E-state index in [1.165, 1.54) is 83.6 Å². The average Bonchev–Trinajstić information content (AvgIpc) is 3.01. The Labute approximate surface area is 262 Å². The number of esters is 2. The number of carbonyl (C=O) groups excluding carboxylic acids is 3. The number of ether oxygens (including phenoxy) is 2. The second-order valence-electron chi connectivity index (χ2n) is 12.5. The zero-order chi connectivity index (χ0) is 31.4. The second-order valence-corrected chi connectivity index (χ2v) is 12.5. The lowest BCUT2D eigenvalue weighted by Crippen LogP contribution is -2.42. The summed E-state index contributed by atoms with van der Waals surface area (Å²) < 4.78 is 10.1. The first-order chi connectivity index (χ1) is 21.2. The number of unbranched alkanes of at least 4 members (excludes halogenated alkanes) is 4. The molecule has 2 aromatic rings. The zero-order valence-corrected chi connectivity index (χ0v) is 26.4. The Hall–Kier alpha value is -3.87. The molecule has 44 heavy (non-hydrogen) atoms. The maximum atomic E-state index is 13.1. The first-order valence-electron chi connectivity index (χ1n) is 16.2. The van der Waals surface area contributed by atoms with Crippen LogP contribution in [0.2, 0.25) is 0 Å². The molecule has 1 aliphatic heterocycles. The molecule has 1 N–H and O–H groups in total. The maximum Gasteiger partial charge on any atom is 0.358 e. The summed E-state index contributed by atoms with van der Waals surface area (Å²) in [6, 6.07) is 18.4. The Balaban J connectivity index is 1.36. The van der Waals surface area contributed by atoms with Crippen LogP contribution in [0.25, 0.3) is 6.08 Å². The van der Waals surface area contributed by atoms with Gasteiger partial charge in [0.1, 0.15) is 0 Å². The number of hydrogen-bond donors (Lipinski definition) is 1. The minimum absolute atomic E-state index is 0.386. The number of hydrogen-bond acceptors (Lipinski definition) is 7. The van der Waals surface area contributed by atoms with E-state index < -0.39 is 23.7 Å². The lowest BCUT2D eigenvalue weighted by molar-refractivity contribution is -0.222. The van der Waals surface area contributed by atoms with Crippen molar-refractivity contribution in [3.05, 3.63) is 88.6 Å². The number of nitrogens with one attached hydrogen (secondary N) is 1. The van der Waals surface area contributed by atoms with Crippen molar-refractivity contribution < 1.29 is 28.7 Å². The molecule has 1 saturated carbocycles. The minimum Gasteiger partial charge on any atom is -0.419 e. The average molecular weight is 602 g/mol. The van der Waals surface area contributed by atoms with Crippen LogP contribution >= 0.6 is 0 Å².